The van der Waals surface area contributed by atoms with E-state index in [1.54, 1.807) is 18.2 Å². The van der Waals surface area contributed by atoms with Gasteiger partial charge in [-0.3, -0.25) is 14.9 Å². The summed E-state index contributed by atoms with van der Waals surface area (Å²) < 4.78 is 23.6. The van der Waals surface area contributed by atoms with E-state index in [0.29, 0.717) is 11.1 Å². The molecule has 0 saturated carbocycles. The van der Waals surface area contributed by atoms with Gasteiger partial charge in [-0.15, -0.1) is 0 Å². The summed E-state index contributed by atoms with van der Waals surface area (Å²) in [6.07, 6.45) is 1.41. The molecule has 1 aliphatic heterocycles. The number of carbonyl (C=O) groups is 1. The Morgan fingerprint density at radius 1 is 1.12 bits per heavy atom. The van der Waals surface area contributed by atoms with Gasteiger partial charge in [-0.1, -0.05) is 18.2 Å². The third kappa shape index (κ3) is 2.91. The summed E-state index contributed by atoms with van der Waals surface area (Å²) in [5.41, 5.74) is 1.32. The van der Waals surface area contributed by atoms with Crippen LogP contribution in [0.5, 0.6) is 0 Å². The number of non-ortho nitro benzene ring substituents is 1. The first-order valence-corrected chi connectivity index (χ1v) is 8.51. The number of sulfone groups is 1. The standard InChI is InChI=1S/C16H12N2O5S/c19-16(17-10-11-4-6-12(7-5-11)18(20)21)14-2-1-3-15-13(14)8-9-24(15,22)23/h1-9H,10H2,(H,17,19). The first kappa shape index (κ1) is 15.9. The van der Waals surface area contributed by atoms with Gasteiger partial charge in [0.2, 0.25) is 0 Å². The first-order chi connectivity index (χ1) is 11.4. The Morgan fingerprint density at radius 3 is 2.50 bits per heavy atom. The van der Waals surface area contributed by atoms with Crippen LogP contribution < -0.4 is 5.32 Å². The lowest BCUT2D eigenvalue weighted by Crippen LogP contribution is -2.23. The molecule has 8 heteroatoms. The molecule has 0 aliphatic carbocycles. The summed E-state index contributed by atoms with van der Waals surface area (Å²) >= 11 is 0. The number of nitro groups is 1. The molecule has 24 heavy (non-hydrogen) atoms. The van der Waals surface area contributed by atoms with Crippen molar-refractivity contribution in [3.63, 3.8) is 0 Å². The van der Waals surface area contributed by atoms with E-state index in [-0.39, 0.29) is 22.7 Å². The number of benzene rings is 2. The van der Waals surface area contributed by atoms with Crippen molar-refractivity contribution in [2.45, 2.75) is 11.4 Å². The zero-order valence-corrected chi connectivity index (χ0v) is 13.1. The quantitative estimate of drug-likeness (QED) is 0.676. The molecule has 0 unspecified atom stereocenters. The predicted octanol–water partition coefficient (Wildman–Crippen LogP) is 2.28. The third-order valence-corrected chi connectivity index (χ3v) is 5.09. The van der Waals surface area contributed by atoms with Crippen molar-refractivity contribution in [3.8, 4) is 0 Å². The second-order valence-corrected chi connectivity index (χ2v) is 6.97. The molecule has 0 atom stereocenters. The van der Waals surface area contributed by atoms with Crippen LogP contribution in [0.3, 0.4) is 0 Å². The van der Waals surface area contributed by atoms with Gasteiger partial charge in [0.25, 0.3) is 11.6 Å². The molecule has 0 spiro atoms. The summed E-state index contributed by atoms with van der Waals surface area (Å²) in [5, 5.41) is 14.4. The molecule has 0 saturated heterocycles. The van der Waals surface area contributed by atoms with Crippen molar-refractivity contribution in [1.82, 2.24) is 5.32 Å². The molecule has 2 aromatic rings. The van der Waals surface area contributed by atoms with Gasteiger partial charge in [0.1, 0.15) is 0 Å². The lowest BCUT2D eigenvalue weighted by Gasteiger charge is -2.08. The fourth-order valence-corrected chi connectivity index (χ4v) is 3.62. The van der Waals surface area contributed by atoms with Crippen LogP contribution in [0.4, 0.5) is 5.69 Å². The highest BCUT2D eigenvalue weighted by atomic mass is 32.2. The van der Waals surface area contributed by atoms with Crippen molar-refractivity contribution in [2.75, 3.05) is 0 Å². The van der Waals surface area contributed by atoms with Crippen molar-refractivity contribution >= 4 is 27.5 Å². The molecule has 1 N–H and O–H groups in total. The summed E-state index contributed by atoms with van der Waals surface area (Å²) in [7, 11) is -3.47. The lowest BCUT2D eigenvalue weighted by molar-refractivity contribution is -0.384. The molecule has 0 fully saturated rings. The van der Waals surface area contributed by atoms with Gasteiger partial charge in [0, 0.05) is 35.2 Å². The monoisotopic (exact) mass is 344 g/mol. The molecule has 0 aromatic heterocycles. The largest absolute Gasteiger partial charge is 0.348 e. The summed E-state index contributed by atoms with van der Waals surface area (Å²) in [6.45, 7) is 0.178. The molecular formula is C16H12N2O5S. The average Bonchev–Trinajstić information content (AvgIpc) is 2.88. The zero-order valence-electron chi connectivity index (χ0n) is 12.3. The SMILES string of the molecule is O=C(NCc1ccc([N+](=O)[O-])cc1)c1cccc2c1C=CS2(=O)=O. The van der Waals surface area contributed by atoms with E-state index >= 15 is 0 Å². The van der Waals surface area contributed by atoms with Crippen LogP contribution in [0.15, 0.2) is 52.8 Å². The van der Waals surface area contributed by atoms with Crippen LogP contribution in [0.25, 0.3) is 6.08 Å². The number of carbonyl (C=O) groups excluding carboxylic acids is 1. The van der Waals surface area contributed by atoms with E-state index < -0.39 is 20.7 Å². The van der Waals surface area contributed by atoms with Crippen molar-refractivity contribution < 1.29 is 18.1 Å². The summed E-state index contributed by atoms with van der Waals surface area (Å²) in [4.78, 5) is 22.5. The van der Waals surface area contributed by atoms with Gasteiger partial charge in [-0.2, -0.15) is 0 Å². The fraction of sp³-hybridized carbons (Fsp3) is 0.0625. The maximum atomic E-state index is 12.3. The van der Waals surface area contributed by atoms with Gasteiger partial charge in [-0.05, 0) is 23.8 Å². The second kappa shape index (κ2) is 5.89. The van der Waals surface area contributed by atoms with Crippen LogP contribution in [0.2, 0.25) is 0 Å². The molecule has 3 rings (SSSR count). The van der Waals surface area contributed by atoms with Crippen LogP contribution in [0.1, 0.15) is 21.5 Å². The number of fused-ring (bicyclic) bond motifs is 1. The van der Waals surface area contributed by atoms with E-state index in [2.05, 4.69) is 5.32 Å². The lowest BCUT2D eigenvalue weighted by atomic mass is 10.1. The van der Waals surface area contributed by atoms with E-state index in [1.165, 1.54) is 30.3 Å². The van der Waals surface area contributed by atoms with Gasteiger partial charge >= 0.3 is 0 Å². The normalized spacial score (nSPS) is 14.2. The van der Waals surface area contributed by atoms with Crippen molar-refractivity contribution in [3.05, 3.63) is 74.7 Å². The maximum absolute atomic E-state index is 12.3. The van der Waals surface area contributed by atoms with E-state index in [9.17, 15) is 23.3 Å². The van der Waals surface area contributed by atoms with Crippen molar-refractivity contribution in [2.24, 2.45) is 0 Å². The smallest absolute Gasteiger partial charge is 0.269 e. The Morgan fingerprint density at radius 2 is 1.83 bits per heavy atom. The Bertz CT molecular complexity index is 962. The van der Waals surface area contributed by atoms with Crippen molar-refractivity contribution in [1.29, 1.82) is 0 Å². The number of amides is 1. The van der Waals surface area contributed by atoms with Gasteiger partial charge in [0.15, 0.2) is 9.84 Å². The summed E-state index contributed by atoms with van der Waals surface area (Å²) in [5.74, 6) is -0.410. The molecule has 0 bridgehead atoms. The van der Waals surface area contributed by atoms with Gasteiger partial charge in [0.05, 0.1) is 9.82 Å². The molecule has 1 heterocycles. The summed E-state index contributed by atoms with van der Waals surface area (Å²) in [6, 6.07) is 10.3. The van der Waals surface area contributed by atoms with Gasteiger partial charge in [-0.25, -0.2) is 8.42 Å². The van der Waals surface area contributed by atoms with E-state index in [1.807, 2.05) is 0 Å². The molecule has 7 nitrogen and oxygen atoms in total. The zero-order chi connectivity index (χ0) is 17.3. The van der Waals surface area contributed by atoms with Crippen LogP contribution in [-0.4, -0.2) is 19.2 Å². The second-order valence-electron chi connectivity index (χ2n) is 5.17. The fourth-order valence-electron chi connectivity index (χ4n) is 2.41. The molecular weight excluding hydrogens is 332 g/mol. The van der Waals surface area contributed by atoms with Crippen LogP contribution in [-0.2, 0) is 16.4 Å². The average molecular weight is 344 g/mol. The minimum atomic E-state index is -3.47. The number of nitro benzene ring substituents is 1. The van der Waals surface area contributed by atoms with E-state index in [0.717, 1.165) is 5.41 Å². The molecule has 1 aliphatic rings. The van der Waals surface area contributed by atoms with Gasteiger partial charge < -0.3 is 5.32 Å². The van der Waals surface area contributed by atoms with E-state index in [4.69, 9.17) is 0 Å². The Kier molecular flexibility index (Phi) is 3.90. The Balaban J connectivity index is 1.76. The Hall–Kier alpha value is -3.00. The number of nitrogens with one attached hydrogen (secondary N) is 1. The topological polar surface area (TPSA) is 106 Å². The number of nitrogens with zero attached hydrogens (tertiary/aromatic N) is 1. The molecule has 0 radical (unpaired) electrons. The van der Waals surface area contributed by atoms with Crippen LogP contribution in [0, 0.1) is 10.1 Å². The van der Waals surface area contributed by atoms with Crippen LogP contribution >= 0.6 is 0 Å². The third-order valence-electron chi connectivity index (χ3n) is 3.63. The number of hydrogen-bond acceptors (Lipinski definition) is 5. The highest BCUT2D eigenvalue weighted by Gasteiger charge is 2.24. The molecule has 2 aromatic carbocycles. The highest BCUT2D eigenvalue weighted by Crippen LogP contribution is 2.29. The molecule has 122 valence electrons. The predicted molar refractivity (Wildman–Crippen MR) is 86.9 cm³/mol. The molecule has 1 amide bonds. The minimum Gasteiger partial charge on any atom is -0.348 e. The maximum Gasteiger partial charge on any atom is 0.269 e. The Labute approximate surface area is 137 Å². The first-order valence-electron chi connectivity index (χ1n) is 6.96. The number of hydrogen-bond donors (Lipinski definition) is 1. The minimum absolute atomic E-state index is 0.0266. The number of rotatable bonds is 4. The highest BCUT2D eigenvalue weighted by molar-refractivity contribution is 7.94.